The van der Waals surface area contributed by atoms with Crippen molar-refractivity contribution in [2.24, 2.45) is 0 Å². The summed E-state index contributed by atoms with van der Waals surface area (Å²) < 4.78 is 9.55. The maximum absolute atomic E-state index is 11.9. The van der Waals surface area contributed by atoms with E-state index in [2.05, 4.69) is 11.3 Å². The highest BCUT2D eigenvalue weighted by atomic mass is 16.5. The number of benzene rings is 1. The van der Waals surface area contributed by atoms with E-state index < -0.39 is 11.9 Å². The molecule has 1 rings (SSSR count). The Bertz CT molecular complexity index is 584. The first-order valence-corrected chi connectivity index (χ1v) is 6.21. The third-order valence-electron chi connectivity index (χ3n) is 2.37. The maximum atomic E-state index is 11.9. The van der Waals surface area contributed by atoms with Gasteiger partial charge in [0.25, 0.3) is 0 Å². The maximum Gasteiger partial charge on any atom is 0.334 e. The molecule has 0 heterocycles. The number of hydrogen-bond acceptors (Lipinski definition) is 5. The van der Waals surface area contributed by atoms with Crippen LogP contribution in [-0.4, -0.2) is 24.3 Å². The SMILES string of the molecule is C=C(COC(=O)/C=C(\C)OC(C)=O)C(=O)c1ccccc1. The number of rotatable bonds is 6. The molecule has 0 aliphatic heterocycles. The van der Waals surface area contributed by atoms with Gasteiger partial charge in [0, 0.05) is 18.1 Å². The molecule has 0 atom stereocenters. The molecular weight excluding hydrogens is 272 g/mol. The predicted octanol–water partition coefficient (Wildman–Crippen LogP) is 2.44. The molecule has 1 aromatic rings. The Kier molecular flexibility index (Phi) is 6.07. The summed E-state index contributed by atoms with van der Waals surface area (Å²) in [5, 5.41) is 0. The normalized spacial score (nSPS) is 10.7. The van der Waals surface area contributed by atoms with Crippen LogP contribution in [0.15, 0.2) is 54.3 Å². The number of Topliss-reactive ketones (excluding diaryl/α,β-unsaturated/α-hetero) is 1. The van der Waals surface area contributed by atoms with Gasteiger partial charge in [0.2, 0.25) is 0 Å². The molecule has 0 amide bonds. The van der Waals surface area contributed by atoms with E-state index in [1.165, 1.54) is 13.8 Å². The highest BCUT2D eigenvalue weighted by Gasteiger charge is 2.11. The smallest absolute Gasteiger partial charge is 0.334 e. The molecule has 21 heavy (non-hydrogen) atoms. The summed E-state index contributed by atoms with van der Waals surface area (Å²) in [6.45, 7) is 6.05. The molecule has 0 saturated carbocycles. The Morgan fingerprint density at radius 1 is 1.14 bits per heavy atom. The van der Waals surface area contributed by atoms with Crippen LogP contribution in [0.1, 0.15) is 24.2 Å². The standard InChI is InChI=1S/C16H16O5/c1-11(16(19)14-7-5-4-6-8-14)10-20-15(18)9-12(2)21-13(3)17/h4-9H,1,10H2,2-3H3/b12-9+. The van der Waals surface area contributed by atoms with Crippen LogP contribution < -0.4 is 0 Å². The summed E-state index contributed by atoms with van der Waals surface area (Å²) in [6, 6.07) is 8.57. The van der Waals surface area contributed by atoms with E-state index in [9.17, 15) is 14.4 Å². The third-order valence-corrected chi connectivity index (χ3v) is 2.37. The van der Waals surface area contributed by atoms with Crippen molar-refractivity contribution in [3.63, 3.8) is 0 Å². The van der Waals surface area contributed by atoms with Crippen LogP contribution in [-0.2, 0) is 19.1 Å². The summed E-state index contributed by atoms with van der Waals surface area (Å²) in [5.41, 5.74) is 0.637. The average Bonchev–Trinajstić information content (AvgIpc) is 2.43. The summed E-state index contributed by atoms with van der Waals surface area (Å²) in [4.78, 5) is 34.1. The summed E-state index contributed by atoms with van der Waals surface area (Å²) >= 11 is 0. The molecule has 0 N–H and O–H groups in total. The molecule has 0 radical (unpaired) electrons. The zero-order chi connectivity index (χ0) is 15.8. The lowest BCUT2D eigenvalue weighted by Crippen LogP contribution is -2.12. The van der Waals surface area contributed by atoms with Crippen molar-refractivity contribution in [1.82, 2.24) is 0 Å². The quantitative estimate of drug-likeness (QED) is 0.348. The highest BCUT2D eigenvalue weighted by molar-refractivity contribution is 6.08. The van der Waals surface area contributed by atoms with E-state index in [-0.39, 0.29) is 23.7 Å². The molecule has 0 aliphatic carbocycles. The lowest BCUT2D eigenvalue weighted by Gasteiger charge is -2.06. The fraction of sp³-hybridized carbons (Fsp3) is 0.188. The Balaban J connectivity index is 2.52. The van der Waals surface area contributed by atoms with Crippen molar-refractivity contribution in [1.29, 1.82) is 0 Å². The van der Waals surface area contributed by atoms with Crippen LogP contribution >= 0.6 is 0 Å². The van der Waals surface area contributed by atoms with Gasteiger partial charge in [-0.2, -0.15) is 0 Å². The molecule has 1 aromatic carbocycles. The average molecular weight is 288 g/mol. The lowest BCUT2D eigenvalue weighted by atomic mass is 10.1. The molecule has 0 unspecified atom stereocenters. The van der Waals surface area contributed by atoms with Crippen LogP contribution in [0, 0.1) is 0 Å². The number of allylic oxidation sites excluding steroid dienone is 1. The van der Waals surface area contributed by atoms with Gasteiger partial charge in [0.1, 0.15) is 12.4 Å². The van der Waals surface area contributed by atoms with Gasteiger partial charge in [-0.15, -0.1) is 0 Å². The Hall–Kier alpha value is -2.69. The molecule has 0 bridgehead atoms. The van der Waals surface area contributed by atoms with E-state index in [1.54, 1.807) is 30.3 Å². The minimum absolute atomic E-state index is 0.118. The third kappa shape index (κ3) is 5.86. The molecule has 0 spiro atoms. The molecule has 110 valence electrons. The van der Waals surface area contributed by atoms with E-state index in [0.717, 1.165) is 6.08 Å². The Labute approximate surface area is 122 Å². The minimum atomic E-state index is -0.712. The molecule has 5 heteroatoms. The summed E-state index contributed by atoms with van der Waals surface area (Å²) in [7, 11) is 0. The van der Waals surface area contributed by atoms with Crippen molar-refractivity contribution >= 4 is 17.7 Å². The Morgan fingerprint density at radius 3 is 2.33 bits per heavy atom. The molecule has 0 aliphatic rings. The summed E-state index contributed by atoms with van der Waals surface area (Å²) in [6.07, 6.45) is 1.03. The zero-order valence-corrected chi connectivity index (χ0v) is 11.9. The van der Waals surface area contributed by atoms with Gasteiger partial charge >= 0.3 is 11.9 Å². The van der Waals surface area contributed by atoms with Crippen LogP contribution in [0.5, 0.6) is 0 Å². The number of carbonyl (C=O) groups excluding carboxylic acids is 3. The monoisotopic (exact) mass is 288 g/mol. The number of ketones is 1. The van der Waals surface area contributed by atoms with Crippen LogP contribution in [0.2, 0.25) is 0 Å². The second-order valence-corrected chi connectivity index (χ2v) is 4.26. The van der Waals surface area contributed by atoms with Gasteiger partial charge in [-0.05, 0) is 6.92 Å². The zero-order valence-electron chi connectivity index (χ0n) is 11.9. The van der Waals surface area contributed by atoms with Crippen molar-refractivity contribution in [3.05, 3.63) is 59.9 Å². The lowest BCUT2D eigenvalue weighted by molar-refractivity contribution is -0.138. The van der Waals surface area contributed by atoms with Crippen molar-refractivity contribution < 1.29 is 23.9 Å². The van der Waals surface area contributed by atoms with Crippen LogP contribution in [0.3, 0.4) is 0 Å². The van der Waals surface area contributed by atoms with Gasteiger partial charge in [-0.25, -0.2) is 4.79 Å². The van der Waals surface area contributed by atoms with Gasteiger partial charge < -0.3 is 9.47 Å². The summed E-state index contributed by atoms with van der Waals surface area (Å²) in [5.74, 6) is -1.41. The molecular formula is C16H16O5. The molecule has 0 fully saturated rings. The van der Waals surface area contributed by atoms with E-state index >= 15 is 0 Å². The van der Waals surface area contributed by atoms with Gasteiger partial charge in [0.15, 0.2) is 5.78 Å². The number of carbonyl (C=O) groups is 3. The number of esters is 2. The van der Waals surface area contributed by atoms with Crippen LogP contribution in [0.25, 0.3) is 0 Å². The Morgan fingerprint density at radius 2 is 1.76 bits per heavy atom. The predicted molar refractivity (Wildman–Crippen MR) is 76.4 cm³/mol. The van der Waals surface area contributed by atoms with Gasteiger partial charge in [-0.1, -0.05) is 36.9 Å². The van der Waals surface area contributed by atoms with E-state index in [0.29, 0.717) is 5.56 Å². The fourth-order valence-electron chi connectivity index (χ4n) is 1.48. The van der Waals surface area contributed by atoms with E-state index in [1.807, 2.05) is 0 Å². The largest absolute Gasteiger partial charge is 0.457 e. The highest BCUT2D eigenvalue weighted by Crippen LogP contribution is 2.07. The van der Waals surface area contributed by atoms with E-state index in [4.69, 9.17) is 4.74 Å². The molecule has 5 nitrogen and oxygen atoms in total. The fourth-order valence-corrected chi connectivity index (χ4v) is 1.48. The van der Waals surface area contributed by atoms with Crippen molar-refractivity contribution in [2.45, 2.75) is 13.8 Å². The van der Waals surface area contributed by atoms with Gasteiger partial charge in [-0.3, -0.25) is 9.59 Å². The molecule has 0 saturated heterocycles. The van der Waals surface area contributed by atoms with Crippen molar-refractivity contribution in [3.8, 4) is 0 Å². The number of ether oxygens (including phenoxy) is 2. The minimum Gasteiger partial charge on any atom is -0.457 e. The van der Waals surface area contributed by atoms with Crippen molar-refractivity contribution in [2.75, 3.05) is 6.61 Å². The first-order valence-electron chi connectivity index (χ1n) is 6.21. The second kappa shape index (κ2) is 7.79. The first-order chi connectivity index (χ1) is 9.90. The topological polar surface area (TPSA) is 69.7 Å². The second-order valence-electron chi connectivity index (χ2n) is 4.26. The molecule has 0 aromatic heterocycles. The van der Waals surface area contributed by atoms with Gasteiger partial charge in [0.05, 0.1) is 6.08 Å². The first kappa shape index (κ1) is 16.4. The number of hydrogen-bond donors (Lipinski definition) is 0. The van der Waals surface area contributed by atoms with Crippen LogP contribution in [0.4, 0.5) is 0 Å².